The summed E-state index contributed by atoms with van der Waals surface area (Å²) in [5, 5.41) is 76.6. The highest BCUT2D eigenvalue weighted by molar-refractivity contribution is 5.80. The fraction of sp³-hybridized carbons (Fsp3) is 0.932. The zero-order chi connectivity index (χ0) is 61.0. The van der Waals surface area contributed by atoms with Gasteiger partial charge in [0.1, 0.15) is 36.6 Å². The van der Waals surface area contributed by atoms with Crippen molar-refractivity contribution in [1.29, 1.82) is 0 Å². The summed E-state index contributed by atoms with van der Waals surface area (Å²) in [5.74, 6) is -0.690. The lowest BCUT2D eigenvalue weighted by Crippen LogP contribution is -2.60. The van der Waals surface area contributed by atoms with Crippen LogP contribution in [-0.2, 0) is 14.3 Å². The van der Waals surface area contributed by atoms with E-state index in [-0.39, 0.29) is 6.42 Å². The predicted octanol–water partition coefficient (Wildman–Crippen LogP) is 18.0. The number of rotatable bonds is 65. The fourth-order valence-electron chi connectivity index (χ4n) is 12.1. The van der Waals surface area contributed by atoms with Crippen LogP contribution in [0.1, 0.15) is 367 Å². The third-order valence-electron chi connectivity index (χ3n) is 18.0. The molecule has 1 amide bonds. The number of carbonyl (C=O) groups is 1. The van der Waals surface area contributed by atoms with E-state index in [1.807, 2.05) is 0 Å². The Kier molecular flexibility index (Phi) is 59.3. The van der Waals surface area contributed by atoms with E-state index in [4.69, 9.17) is 9.47 Å². The molecule has 0 aromatic rings. The van der Waals surface area contributed by atoms with Crippen LogP contribution in [0.25, 0.3) is 0 Å². The van der Waals surface area contributed by atoms with E-state index < -0.39 is 74.2 Å². The van der Waals surface area contributed by atoms with Gasteiger partial charge in [-0.15, -0.1) is 0 Å². The summed E-state index contributed by atoms with van der Waals surface area (Å²) in [6.07, 6.45) is 66.9. The lowest BCUT2D eigenvalue weighted by Gasteiger charge is -2.40. The van der Waals surface area contributed by atoms with E-state index in [9.17, 15) is 40.5 Å². The Hall–Kier alpha value is -1.41. The van der Waals surface area contributed by atoms with Crippen molar-refractivity contribution in [2.24, 2.45) is 0 Å². The topological polar surface area (TPSA) is 189 Å². The van der Waals surface area contributed by atoms with Crippen LogP contribution in [0.15, 0.2) is 24.3 Å². The van der Waals surface area contributed by atoms with Crippen LogP contribution >= 0.6 is 0 Å². The van der Waals surface area contributed by atoms with Crippen LogP contribution in [0, 0.1) is 0 Å². The maximum Gasteiger partial charge on any atom is 0.249 e. The van der Waals surface area contributed by atoms with Crippen molar-refractivity contribution in [2.75, 3.05) is 13.2 Å². The third-order valence-corrected chi connectivity index (χ3v) is 18.0. The summed E-state index contributed by atoms with van der Waals surface area (Å²) in [6, 6.07) is -1.17. The van der Waals surface area contributed by atoms with Gasteiger partial charge in [0.2, 0.25) is 5.91 Å². The second-order valence-electron chi connectivity index (χ2n) is 26.0. The molecule has 9 unspecified atom stereocenters. The van der Waals surface area contributed by atoms with Gasteiger partial charge in [-0.3, -0.25) is 4.79 Å². The molecule has 1 aliphatic rings. The van der Waals surface area contributed by atoms with Crippen molar-refractivity contribution in [1.82, 2.24) is 5.32 Å². The first kappa shape index (κ1) is 80.6. The van der Waals surface area contributed by atoms with Crippen LogP contribution < -0.4 is 5.32 Å². The van der Waals surface area contributed by atoms with Crippen molar-refractivity contribution < 1.29 is 50.0 Å². The van der Waals surface area contributed by atoms with E-state index in [0.29, 0.717) is 19.3 Å². The number of nitrogens with one attached hydrogen (secondary N) is 1. The van der Waals surface area contributed by atoms with Crippen molar-refractivity contribution in [3.8, 4) is 0 Å². The van der Waals surface area contributed by atoms with Crippen LogP contribution in [0.4, 0.5) is 0 Å². The summed E-state index contributed by atoms with van der Waals surface area (Å²) in [4.78, 5) is 13.3. The monoisotopic (exact) mass is 1190 g/mol. The van der Waals surface area contributed by atoms with E-state index in [0.717, 1.165) is 44.9 Å². The molecule has 0 aromatic heterocycles. The molecule has 0 bridgehead atoms. The number of aliphatic hydroxyl groups is 7. The molecule has 11 heteroatoms. The van der Waals surface area contributed by atoms with Gasteiger partial charge in [-0.1, -0.05) is 346 Å². The second-order valence-corrected chi connectivity index (χ2v) is 26.0. The molecule has 1 rings (SSSR count). The van der Waals surface area contributed by atoms with Gasteiger partial charge in [-0.2, -0.15) is 0 Å². The fourth-order valence-corrected chi connectivity index (χ4v) is 12.1. The molecule has 0 saturated carbocycles. The Morgan fingerprint density at radius 2 is 0.726 bits per heavy atom. The number of allylic oxidation sites excluding steroid dienone is 4. The minimum absolute atomic E-state index is 0.263. The Morgan fingerprint density at radius 1 is 0.417 bits per heavy atom. The summed E-state index contributed by atoms with van der Waals surface area (Å²) >= 11 is 0. The van der Waals surface area contributed by atoms with E-state index in [1.165, 1.54) is 283 Å². The third kappa shape index (κ3) is 48.5. The van der Waals surface area contributed by atoms with Crippen LogP contribution in [0.2, 0.25) is 0 Å². The van der Waals surface area contributed by atoms with Crippen LogP contribution in [0.5, 0.6) is 0 Å². The van der Waals surface area contributed by atoms with Crippen molar-refractivity contribution in [3.05, 3.63) is 24.3 Å². The number of unbranched alkanes of at least 4 members (excludes halogenated alkanes) is 49. The minimum atomic E-state index is -1.66. The van der Waals surface area contributed by atoms with Gasteiger partial charge in [0.05, 0.1) is 25.4 Å². The quantitative estimate of drug-likeness (QED) is 0.0215. The smallest absolute Gasteiger partial charge is 0.249 e. The van der Waals surface area contributed by atoms with Gasteiger partial charge < -0.3 is 50.5 Å². The summed E-state index contributed by atoms with van der Waals surface area (Å²) in [6.45, 7) is 3.52. The Labute approximate surface area is 518 Å². The molecule has 1 aliphatic heterocycles. The van der Waals surface area contributed by atoms with Gasteiger partial charge in [0.15, 0.2) is 6.29 Å². The molecule has 8 N–H and O–H groups in total. The molecule has 1 saturated heterocycles. The zero-order valence-electron chi connectivity index (χ0n) is 55.2. The highest BCUT2D eigenvalue weighted by Crippen LogP contribution is 2.24. The molecular weight excluding hydrogens is 1050 g/mol. The van der Waals surface area contributed by atoms with Gasteiger partial charge in [0.25, 0.3) is 0 Å². The Morgan fingerprint density at radius 3 is 1.06 bits per heavy atom. The molecule has 1 fully saturated rings. The molecule has 0 radical (unpaired) electrons. The number of ether oxygens (including phenoxy) is 2. The van der Waals surface area contributed by atoms with Gasteiger partial charge >= 0.3 is 0 Å². The zero-order valence-corrected chi connectivity index (χ0v) is 55.2. The first-order chi connectivity index (χ1) is 41.2. The van der Waals surface area contributed by atoms with Crippen molar-refractivity contribution in [2.45, 2.75) is 422 Å². The highest BCUT2D eigenvalue weighted by Gasteiger charge is 2.44. The standard InChI is InChI=1S/C73H141NO10/c1-3-5-7-9-11-13-15-17-19-21-23-25-27-29-30-31-32-33-34-35-37-39-41-43-45-47-49-51-53-55-57-59-61-66(77)72(82)74-64(63-83-73-71(81)70(80)69(79)67(62-75)84-73)68(78)65(76)60-58-56-54-52-50-48-46-44-42-40-38-36-28-26-24-22-20-18-16-14-12-10-8-6-4-2/h23,25,29-30,64-71,73,75-81H,3-22,24,26-28,31-63H2,1-2H3,(H,74,82)/b25-23-,30-29-. The van der Waals surface area contributed by atoms with Gasteiger partial charge in [0, 0.05) is 0 Å². The summed E-state index contributed by atoms with van der Waals surface area (Å²) in [5.41, 5.74) is 0. The first-order valence-corrected chi connectivity index (χ1v) is 36.7. The number of amides is 1. The normalized spacial score (nSPS) is 19.0. The predicted molar refractivity (Wildman–Crippen MR) is 353 cm³/mol. The average Bonchev–Trinajstić information content (AvgIpc) is 3.69. The SMILES string of the molecule is CCCCCCCCCCC/C=C\C/C=C\CCCCCCCCCCCCCCCCCCC(O)C(=O)NC(COC1OC(CO)C(O)C(O)C1O)C(O)C(O)CCCCCCCCCCCCCCCCCCCCCCCCCCC. The van der Waals surface area contributed by atoms with Crippen molar-refractivity contribution >= 4 is 5.91 Å². The molecule has 498 valence electrons. The number of carbonyl (C=O) groups excluding carboxylic acids is 1. The number of aliphatic hydroxyl groups excluding tert-OH is 7. The lowest BCUT2D eigenvalue weighted by molar-refractivity contribution is -0.303. The molecule has 11 nitrogen and oxygen atoms in total. The molecule has 0 spiro atoms. The molecule has 0 aromatic carbocycles. The molecule has 9 atom stereocenters. The molecular formula is C73H141NO10. The van der Waals surface area contributed by atoms with Gasteiger partial charge in [-0.25, -0.2) is 0 Å². The lowest BCUT2D eigenvalue weighted by atomic mass is 9.98. The minimum Gasteiger partial charge on any atom is -0.394 e. The second kappa shape index (κ2) is 61.8. The summed E-state index contributed by atoms with van der Waals surface area (Å²) in [7, 11) is 0. The molecule has 84 heavy (non-hydrogen) atoms. The highest BCUT2D eigenvalue weighted by atomic mass is 16.7. The average molecular weight is 1190 g/mol. The number of hydrogen-bond acceptors (Lipinski definition) is 10. The Balaban J connectivity index is 2.17. The van der Waals surface area contributed by atoms with Crippen LogP contribution in [0.3, 0.4) is 0 Å². The van der Waals surface area contributed by atoms with E-state index in [1.54, 1.807) is 0 Å². The largest absolute Gasteiger partial charge is 0.394 e. The van der Waals surface area contributed by atoms with E-state index >= 15 is 0 Å². The maximum absolute atomic E-state index is 13.3. The first-order valence-electron chi connectivity index (χ1n) is 36.7. The summed E-state index contributed by atoms with van der Waals surface area (Å²) < 4.78 is 11.2. The molecule has 0 aliphatic carbocycles. The maximum atomic E-state index is 13.3. The van der Waals surface area contributed by atoms with E-state index in [2.05, 4.69) is 43.5 Å². The Bertz CT molecular complexity index is 1420. The van der Waals surface area contributed by atoms with Gasteiger partial charge in [-0.05, 0) is 44.9 Å². The van der Waals surface area contributed by atoms with Crippen LogP contribution in [-0.4, -0.2) is 110 Å². The number of hydrogen-bond donors (Lipinski definition) is 8. The molecule has 1 heterocycles. The van der Waals surface area contributed by atoms with Crippen molar-refractivity contribution in [3.63, 3.8) is 0 Å².